The molecule has 0 saturated carbocycles. The van der Waals surface area contributed by atoms with Gasteiger partial charge in [0.05, 0.1) is 5.38 Å². The number of benzene rings is 1. The lowest BCUT2D eigenvalue weighted by molar-refractivity contribution is -0.691. The minimum atomic E-state index is 0.779. The normalized spacial score (nSPS) is 10.6. The van der Waals surface area contributed by atoms with Crippen molar-refractivity contribution in [2.75, 3.05) is 6.26 Å². The Hall–Kier alpha value is -0.510. The van der Waals surface area contributed by atoms with Crippen LogP contribution in [0.4, 0.5) is 0 Å². The minimum Gasteiger partial charge on any atom is -0.179 e. The molecule has 0 radical (unpaired) electrons. The molecule has 0 aliphatic heterocycles. The number of aromatic nitrogens is 1. The average Bonchev–Trinajstić information content (AvgIpc) is 2.61. The average molecular weight is 257 g/mol. The predicted molar refractivity (Wildman–Crippen MR) is 67.7 cm³/mol. The van der Waals surface area contributed by atoms with Gasteiger partial charge in [-0.25, -0.2) is 0 Å². The maximum Gasteiger partial charge on any atom is 0.297 e. The van der Waals surface area contributed by atoms with Gasteiger partial charge >= 0.3 is 0 Å². The van der Waals surface area contributed by atoms with E-state index in [1.165, 1.54) is 15.6 Å². The molecule has 0 atom stereocenters. The van der Waals surface area contributed by atoms with Crippen molar-refractivity contribution in [1.82, 2.24) is 0 Å². The van der Waals surface area contributed by atoms with Gasteiger partial charge in [-0.3, -0.25) is 0 Å². The summed E-state index contributed by atoms with van der Waals surface area (Å²) in [6.07, 6.45) is 2.09. The topological polar surface area (TPSA) is 3.88 Å². The Morgan fingerprint density at radius 2 is 1.93 bits per heavy atom. The van der Waals surface area contributed by atoms with Crippen LogP contribution in [0.25, 0.3) is 11.3 Å². The number of hydrogen-bond donors (Lipinski definition) is 0. The highest BCUT2D eigenvalue weighted by molar-refractivity contribution is 8.00. The van der Waals surface area contributed by atoms with Gasteiger partial charge in [0.2, 0.25) is 5.69 Å². The van der Waals surface area contributed by atoms with Crippen LogP contribution in [0.3, 0.4) is 0 Å². The highest BCUT2D eigenvalue weighted by atomic mass is 35.5. The number of hydrogen-bond acceptors (Lipinski definition) is 2. The molecule has 2 aromatic rings. The second-order valence-corrected chi connectivity index (χ2v) is 5.50. The van der Waals surface area contributed by atoms with Gasteiger partial charge < -0.3 is 0 Å². The summed E-state index contributed by atoms with van der Waals surface area (Å²) in [6.45, 7) is 0. The molecular weight excluding hydrogens is 246 g/mol. The quantitative estimate of drug-likeness (QED) is 0.586. The Morgan fingerprint density at radius 3 is 2.47 bits per heavy atom. The van der Waals surface area contributed by atoms with Crippen LogP contribution in [0.1, 0.15) is 0 Å². The molecule has 2 rings (SSSR count). The number of nitrogens with zero attached hydrogens (tertiary/aromatic N) is 1. The van der Waals surface area contributed by atoms with E-state index < -0.39 is 0 Å². The van der Waals surface area contributed by atoms with Crippen molar-refractivity contribution < 1.29 is 4.57 Å². The maximum atomic E-state index is 5.86. The molecule has 0 saturated heterocycles. The van der Waals surface area contributed by atoms with Gasteiger partial charge in [0.15, 0.2) is 0 Å². The molecular formula is C11H11ClNS2+. The van der Waals surface area contributed by atoms with E-state index in [9.17, 15) is 0 Å². The van der Waals surface area contributed by atoms with Crippen molar-refractivity contribution >= 4 is 34.7 Å². The molecule has 15 heavy (non-hydrogen) atoms. The lowest BCUT2D eigenvalue weighted by atomic mass is 10.2. The van der Waals surface area contributed by atoms with Gasteiger partial charge in [-0.1, -0.05) is 22.9 Å². The van der Waals surface area contributed by atoms with Gasteiger partial charge in [0, 0.05) is 10.6 Å². The molecule has 1 heterocycles. The minimum absolute atomic E-state index is 0.779. The summed E-state index contributed by atoms with van der Waals surface area (Å²) in [5, 5.41) is 2.96. The zero-order chi connectivity index (χ0) is 10.8. The number of thioether (sulfide) groups is 1. The summed E-state index contributed by atoms with van der Waals surface area (Å²) in [5.41, 5.74) is 2.44. The molecule has 0 aliphatic rings. The third-order valence-corrected chi connectivity index (χ3v) is 4.70. The number of halogens is 1. The first-order valence-electron chi connectivity index (χ1n) is 4.50. The van der Waals surface area contributed by atoms with Crippen LogP contribution in [0.15, 0.2) is 34.0 Å². The van der Waals surface area contributed by atoms with Gasteiger partial charge in [-0.15, -0.1) is 0 Å². The third kappa shape index (κ3) is 2.19. The SMILES string of the molecule is CSc1scc(-c2ccc(Cl)cc2)[n+]1C. The second kappa shape index (κ2) is 4.56. The van der Waals surface area contributed by atoms with Crippen molar-refractivity contribution in [1.29, 1.82) is 0 Å². The number of thiazole rings is 1. The molecule has 1 aromatic heterocycles. The van der Waals surface area contributed by atoms with Crippen LogP contribution < -0.4 is 4.57 Å². The van der Waals surface area contributed by atoms with Crippen molar-refractivity contribution in [3.63, 3.8) is 0 Å². The fourth-order valence-electron chi connectivity index (χ4n) is 1.43. The fourth-order valence-corrected chi connectivity index (χ4v) is 3.22. The third-order valence-electron chi connectivity index (χ3n) is 2.22. The van der Waals surface area contributed by atoms with Crippen molar-refractivity contribution in [3.8, 4) is 11.3 Å². The molecule has 0 N–H and O–H groups in total. The Kier molecular flexibility index (Phi) is 3.34. The second-order valence-electron chi connectivity index (χ2n) is 3.16. The Labute approximate surface area is 103 Å². The molecule has 1 nitrogen and oxygen atoms in total. The van der Waals surface area contributed by atoms with E-state index in [2.05, 4.69) is 35.4 Å². The molecule has 4 heteroatoms. The summed E-state index contributed by atoms with van der Waals surface area (Å²) in [4.78, 5) is 0. The first kappa shape index (κ1) is 11.0. The molecule has 0 fully saturated rings. The summed E-state index contributed by atoms with van der Waals surface area (Å²) in [5.74, 6) is 0. The van der Waals surface area contributed by atoms with Crippen molar-refractivity contribution in [2.45, 2.75) is 4.34 Å². The first-order valence-corrected chi connectivity index (χ1v) is 6.98. The van der Waals surface area contributed by atoms with E-state index in [0.29, 0.717) is 0 Å². The lowest BCUT2D eigenvalue weighted by Gasteiger charge is -1.95. The summed E-state index contributed by atoms with van der Waals surface area (Å²) in [7, 11) is 2.09. The standard InChI is InChI=1S/C11H11ClNS2/c1-13-10(7-15-11(13)14-2)8-3-5-9(12)6-4-8/h3-7H,1-2H3/q+1. The van der Waals surface area contributed by atoms with Gasteiger partial charge in [0.25, 0.3) is 4.34 Å². The lowest BCUT2D eigenvalue weighted by Crippen LogP contribution is -2.30. The van der Waals surface area contributed by atoms with E-state index in [0.717, 1.165) is 5.02 Å². The van der Waals surface area contributed by atoms with Gasteiger partial charge in [-0.05, 0) is 42.3 Å². The van der Waals surface area contributed by atoms with Gasteiger partial charge in [-0.2, -0.15) is 4.57 Å². The monoisotopic (exact) mass is 256 g/mol. The van der Waals surface area contributed by atoms with E-state index in [4.69, 9.17) is 11.6 Å². The molecule has 0 spiro atoms. The van der Waals surface area contributed by atoms with Crippen molar-refractivity contribution in [3.05, 3.63) is 34.7 Å². The van der Waals surface area contributed by atoms with Crippen LogP contribution in [-0.4, -0.2) is 6.26 Å². The molecule has 1 aromatic carbocycles. The van der Waals surface area contributed by atoms with E-state index >= 15 is 0 Å². The highest BCUT2D eigenvalue weighted by Gasteiger charge is 2.16. The Balaban J connectivity index is 2.45. The summed E-state index contributed by atoms with van der Waals surface area (Å²) >= 11 is 9.40. The van der Waals surface area contributed by atoms with Crippen LogP contribution in [0.5, 0.6) is 0 Å². The van der Waals surface area contributed by atoms with Crippen LogP contribution >= 0.6 is 34.7 Å². The Bertz CT molecular complexity index is 462. The fraction of sp³-hybridized carbons (Fsp3) is 0.182. The maximum absolute atomic E-state index is 5.86. The van der Waals surface area contributed by atoms with Gasteiger partial charge in [0.1, 0.15) is 7.05 Å². The zero-order valence-electron chi connectivity index (χ0n) is 8.53. The zero-order valence-corrected chi connectivity index (χ0v) is 10.9. The largest absolute Gasteiger partial charge is 0.297 e. The van der Waals surface area contributed by atoms with E-state index in [-0.39, 0.29) is 0 Å². The van der Waals surface area contributed by atoms with Crippen LogP contribution in [0, 0.1) is 0 Å². The number of rotatable bonds is 2. The molecule has 0 bridgehead atoms. The van der Waals surface area contributed by atoms with Crippen LogP contribution in [0.2, 0.25) is 5.02 Å². The van der Waals surface area contributed by atoms with E-state index in [1.54, 1.807) is 23.1 Å². The summed E-state index contributed by atoms with van der Waals surface area (Å²) < 4.78 is 3.51. The Morgan fingerprint density at radius 1 is 1.27 bits per heavy atom. The molecule has 78 valence electrons. The highest BCUT2D eigenvalue weighted by Crippen LogP contribution is 2.25. The molecule has 0 aliphatic carbocycles. The summed E-state index contributed by atoms with van der Waals surface area (Å²) in [6, 6.07) is 7.95. The van der Waals surface area contributed by atoms with Crippen molar-refractivity contribution in [2.24, 2.45) is 7.05 Å². The molecule has 0 amide bonds. The smallest absolute Gasteiger partial charge is 0.179 e. The van der Waals surface area contributed by atoms with E-state index in [1.807, 2.05) is 12.1 Å². The first-order chi connectivity index (χ1) is 7.22. The predicted octanol–water partition coefficient (Wildman–Crippen LogP) is 3.61. The van der Waals surface area contributed by atoms with Crippen LogP contribution in [-0.2, 0) is 7.05 Å². The molecule has 0 unspecified atom stereocenters.